The maximum atomic E-state index is 13.2. The van der Waals surface area contributed by atoms with E-state index in [0.29, 0.717) is 6.54 Å². The fourth-order valence-corrected chi connectivity index (χ4v) is 3.73. The first-order chi connectivity index (χ1) is 13.0. The standard InChI is InChI=1S/C21H33FN4O.HI/c1-4-23-20(24-14-8-10-17-9-7-11-18(22)15-17)25-16-21(12-5-6-13-21)19(27)26(2)3;/h7,9,11,15H,4-6,8,10,12-14,16H2,1-3H3,(H2,23,24,25);1H. The minimum Gasteiger partial charge on any atom is -0.357 e. The predicted molar refractivity (Wildman–Crippen MR) is 124 cm³/mol. The second-order valence-electron chi connectivity index (χ2n) is 7.54. The number of amides is 1. The van der Waals surface area contributed by atoms with Gasteiger partial charge >= 0.3 is 0 Å². The van der Waals surface area contributed by atoms with Gasteiger partial charge in [0.15, 0.2) is 5.96 Å². The molecule has 158 valence electrons. The van der Waals surface area contributed by atoms with Crippen molar-refractivity contribution in [2.75, 3.05) is 33.7 Å². The zero-order chi connectivity index (χ0) is 19.7. The number of halogens is 2. The van der Waals surface area contributed by atoms with Gasteiger partial charge in [-0.3, -0.25) is 9.79 Å². The second kappa shape index (κ2) is 12.2. The average molecular weight is 504 g/mol. The number of aryl methyl sites for hydroxylation is 1. The van der Waals surface area contributed by atoms with Gasteiger partial charge < -0.3 is 15.5 Å². The molecule has 0 aromatic heterocycles. The largest absolute Gasteiger partial charge is 0.357 e. The summed E-state index contributed by atoms with van der Waals surface area (Å²) in [7, 11) is 3.64. The second-order valence-corrected chi connectivity index (χ2v) is 7.54. The van der Waals surface area contributed by atoms with Crippen molar-refractivity contribution < 1.29 is 9.18 Å². The number of benzene rings is 1. The molecule has 1 aliphatic rings. The summed E-state index contributed by atoms with van der Waals surface area (Å²) in [4.78, 5) is 19.1. The van der Waals surface area contributed by atoms with Gasteiger partial charge in [-0.2, -0.15) is 0 Å². The molecule has 1 fully saturated rings. The van der Waals surface area contributed by atoms with Gasteiger partial charge in [0, 0.05) is 27.2 Å². The van der Waals surface area contributed by atoms with Crippen molar-refractivity contribution >= 4 is 35.8 Å². The number of nitrogens with zero attached hydrogens (tertiary/aromatic N) is 2. The molecule has 1 aromatic carbocycles. The molecular formula is C21H34FIN4O. The molecule has 28 heavy (non-hydrogen) atoms. The fraction of sp³-hybridized carbons (Fsp3) is 0.619. The highest BCUT2D eigenvalue weighted by Crippen LogP contribution is 2.39. The van der Waals surface area contributed by atoms with Crippen LogP contribution in [0.15, 0.2) is 29.3 Å². The molecule has 5 nitrogen and oxygen atoms in total. The summed E-state index contributed by atoms with van der Waals surface area (Å²) in [5.74, 6) is 0.739. The van der Waals surface area contributed by atoms with Gasteiger partial charge in [0.25, 0.3) is 0 Å². The van der Waals surface area contributed by atoms with Crippen molar-refractivity contribution in [3.8, 4) is 0 Å². The highest BCUT2D eigenvalue weighted by atomic mass is 127. The topological polar surface area (TPSA) is 56.7 Å². The first-order valence-electron chi connectivity index (χ1n) is 9.95. The molecule has 2 N–H and O–H groups in total. The van der Waals surface area contributed by atoms with E-state index in [2.05, 4.69) is 10.6 Å². The van der Waals surface area contributed by atoms with Crippen molar-refractivity contribution in [1.82, 2.24) is 15.5 Å². The van der Waals surface area contributed by atoms with Gasteiger partial charge in [-0.25, -0.2) is 4.39 Å². The third kappa shape index (κ3) is 7.22. The summed E-state index contributed by atoms with van der Waals surface area (Å²) < 4.78 is 13.2. The van der Waals surface area contributed by atoms with Crippen molar-refractivity contribution in [3.63, 3.8) is 0 Å². The number of nitrogens with one attached hydrogen (secondary N) is 2. The van der Waals surface area contributed by atoms with Crippen molar-refractivity contribution in [2.24, 2.45) is 10.4 Å². The van der Waals surface area contributed by atoms with Crippen LogP contribution < -0.4 is 10.6 Å². The molecule has 0 spiro atoms. The van der Waals surface area contributed by atoms with Crippen molar-refractivity contribution in [3.05, 3.63) is 35.6 Å². The zero-order valence-electron chi connectivity index (χ0n) is 17.3. The molecular weight excluding hydrogens is 470 g/mol. The van der Waals surface area contributed by atoms with E-state index in [1.54, 1.807) is 17.0 Å². The molecule has 0 heterocycles. The average Bonchev–Trinajstić information content (AvgIpc) is 3.12. The van der Waals surface area contributed by atoms with E-state index in [9.17, 15) is 9.18 Å². The monoisotopic (exact) mass is 504 g/mol. The number of hydrogen-bond acceptors (Lipinski definition) is 2. The Labute approximate surface area is 185 Å². The summed E-state index contributed by atoms with van der Waals surface area (Å²) >= 11 is 0. The Morgan fingerprint density at radius 1 is 1.25 bits per heavy atom. The van der Waals surface area contributed by atoms with Gasteiger partial charge in [-0.1, -0.05) is 25.0 Å². The lowest BCUT2D eigenvalue weighted by atomic mass is 9.85. The van der Waals surface area contributed by atoms with Gasteiger partial charge in [0.1, 0.15) is 5.82 Å². The molecule has 0 unspecified atom stereocenters. The minimum absolute atomic E-state index is 0. The molecule has 2 rings (SSSR count). The molecule has 0 radical (unpaired) electrons. The predicted octanol–water partition coefficient (Wildman–Crippen LogP) is 3.58. The van der Waals surface area contributed by atoms with Gasteiger partial charge in [0.05, 0.1) is 12.0 Å². The lowest BCUT2D eigenvalue weighted by Gasteiger charge is -2.29. The third-order valence-corrected chi connectivity index (χ3v) is 5.13. The van der Waals surface area contributed by atoms with Crippen LogP contribution in [-0.4, -0.2) is 50.5 Å². The van der Waals surface area contributed by atoms with Gasteiger partial charge in [0.2, 0.25) is 5.91 Å². The SMILES string of the molecule is CCNC(=NCC1(C(=O)N(C)C)CCCC1)NCCCc1cccc(F)c1.I. The Morgan fingerprint density at radius 3 is 2.57 bits per heavy atom. The fourth-order valence-electron chi connectivity index (χ4n) is 3.73. The smallest absolute Gasteiger partial charge is 0.230 e. The van der Waals surface area contributed by atoms with E-state index in [1.165, 1.54) is 6.07 Å². The Hall–Kier alpha value is -1.38. The maximum absolute atomic E-state index is 13.2. The molecule has 1 amide bonds. The lowest BCUT2D eigenvalue weighted by Crippen LogP contribution is -2.43. The van der Waals surface area contributed by atoms with Crippen LogP contribution in [0.5, 0.6) is 0 Å². The molecule has 0 bridgehead atoms. The van der Waals surface area contributed by atoms with Crippen LogP contribution in [-0.2, 0) is 11.2 Å². The first-order valence-corrected chi connectivity index (χ1v) is 9.95. The van der Waals surface area contributed by atoms with Crippen LogP contribution in [0.1, 0.15) is 44.6 Å². The summed E-state index contributed by atoms with van der Waals surface area (Å²) in [6, 6.07) is 6.73. The normalized spacial score (nSPS) is 15.6. The molecule has 7 heteroatoms. The van der Waals surface area contributed by atoms with E-state index >= 15 is 0 Å². The van der Waals surface area contributed by atoms with Gasteiger partial charge in [-0.15, -0.1) is 24.0 Å². The lowest BCUT2D eigenvalue weighted by molar-refractivity contribution is -0.138. The van der Waals surface area contributed by atoms with E-state index < -0.39 is 0 Å². The third-order valence-electron chi connectivity index (χ3n) is 5.13. The first kappa shape index (κ1) is 24.7. The summed E-state index contributed by atoms with van der Waals surface area (Å²) in [6.45, 7) is 4.06. The van der Waals surface area contributed by atoms with E-state index in [4.69, 9.17) is 4.99 Å². The molecule has 0 atom stereocenters. The van der Waals surface area contributed by atoms with E-state index in [0.717, 1.165) is 63.1 Å². The Morgan fingerprint density at radius 2 is 1.96 bits per heavy atom. The zero-order valence-corrected chi connectivity index (χ0v) is 19.6. The molecule has 0 saturated heterocycles. The van der Waals surface area contributed by atoms with Gasteiger partial charge in [-0.05, 0) is 50.3 Å². The minimum atomic E-state index is -0.354. The quantitative estimate of drug-likeness (QED) is 0.246. The number of carbonyl (C=O) groups is 1. The Bertz CT molecular complexity index is 645. The van der Waals surface area contributed by atoms with Crippen molar-refractivity contribution in [1.29, 1.82) is 0 Å². The molecule has 0 aliphatic heterocycles. The molecule has 1 saturated carbocycles. The van der Waals surface area contributed by atoms with Crippen LogP contribution in [0, 0.1) is 11.2 Å². The van der Waals surface area contributed by atoms with E-state index in [-0.39, 0.29) is 41.1 Å². The Kier molecular flexibility index (Phi) is 10.8. The van der Waals surface area contributed by atoms with Crippen LogP contribution in [0.3, 0.4) is 0 Å². The number of rotatable bonds is 8. The summed E-state index contributed by atoms with van der Waals surface area (Å²) in [5.41, 5.74) is 0.646. The Balaban J connectivity index is 0.00000392. The highest BCUT2D eigenvalue weighted by molar-refractivity contribution is 14.0. The number of hydrogen-bond donors (Lipinski definition) is 2. The summed E-state index contributed by atoms with van der Waals surface area (Å²) in [5, 5.41) is 6.59. The highest BCUT2D eigenvalue weighted by Gasteiger charge is 2.41. The van der Waals surface area contributed by atoms with Crippen LogP contribution in [0.2, 0.25) is 0 Å². The molecule has 1 aromatic rings. The van der Waals surface area contributed by atoms with Crippen LogP contribution in [0.4, 0.5) is 4.39 Å². The summed E-state index contributed by atoms with van der Waals surface area (Å²) in [6.07, 6.45) is 5.70. The van der Waals surface area contributed by atoms with Crippen LogP contribution in [0.25, 0.3) is 0 Å². The number of aliphatic imine (C=N–C) groups is 1. The number of carbonyl (C=O) groups excluding carboxylic acids is 1. The number of guanidine groups is 1. The van der Waals surface area contributed by atoms with Crippen LogP contribution >= 0.6 is 24.0 Å². The van der Waals surface area contributed by atoms with E-state index in [1.807, 2.05) is 27.1 Å². The maximum Gasteiger partial charge on any atom is 0.230 e. The van der Waals surface area contributed by atoms with Crippen molar-refractivity contribution in [2.45, 2.75) is 45.4 Å². The molecule has 1 aliphatic carbocycles.